The first-order valence-electron chi connectivity index (χ1n) is 10.8. The SMILES string of the molecule is NS(=O)(=O)c1ccc(NC(=O)C2CCN([C@H](C(=O)NC3CC3)c3ccccc3)CC2)cc1. The van der Waals surface area contributed by atoms with Gasteiger partial charge in [0.15, 0.2) is 0 Å². The van der Waals surface area contributed by atoms with Gasteiger partial charge in [-0.15, -0.1) is 0 Å². The lowest BCUT2D eigenvalue weighted by atomic mass is 9.93. The number of amides is 2. The van der Waals surface area contributed by atoms with Crippen molar-refractivity contribution in [2.75, 3.05) is 18.4 Å². The molecule has 2 aliphatic rings. The zero-order valence-corrected chi connectivity index (χ0v) is 18.6. The Hall–Kier alpha value is -2.75. The maximum absolute atomic E-state index is 13.0. The average molecular weight is 457 g/mol. The molecule has 1 atom stereocenters. The van der Waals surface area contributed by atoms with Gasteiger partial charge < -0.3 is 10.6 Å². The summed E-state index contributed by atoms with van der Waals surface area (Å²) in [5, 5.41) is 11.1. The molecule has 32 heavy (non-hydrogen) atoms. The van der Waals surface area contributed by atoms with Crippen LogP contribution in [0.4, 0.5) is 5.69 Å². The molecule has 2 aromatic carbocycles. The molecule has 2 amide bonds. The number of nitrogens with two attached hydrogens (primary N) is 1. The van der Waals surface area contributed by atoms with Crippen molar-refractivity contribution in [1.29, 1.82) is 0 Å². The standard InChI is InChI=1S/C23H28N4O4S/c24-32(30,31)20-10-8-19(9-11-20)25-22(28)17-12-14-27(15-13-17)21(16-4-2-1-3-5-16)23(29)26-18-6-7-18/h1-5,8-11,17-18,21H,6-7,12-15H2,(H,25,28)(H,26,29)(H2,24,30,31)/t21-/m0/s1. The molecule has 0 unspecified atom stereocenters. The second kappa shape index (κ2) is 9.40. The van der Waals surface area contributed by atoms with Gasteiger partial charge in [-0.05, 0) is 68.6 Å². The van der Waals surface area contributed by atoms with Crippen LogP contribution in [0.1, 0.15) is 37.3 Å². The molecule has 1 saturated carbocycles. The van der Waals surface area contributed by atoms with Gasteiger partial charge in [-0.1, -0.05) is 30.3 Å². The second-order valence-corrected chi connectivity index (χ2v) is 10.0. The van der Waals surface area contributed by atoms with Crippen LogP contribution in [0.25, 0.3) is 0 Å². The molecule has 170 valence electrons. The first kappa shape index (κ1) is 22.4. The third kappa shape index (κ3) is 5.53. The molecule has 1 saturated heterocycles. The van der Waals surface area contributed by atoms with E-state index in [2.05, 4.69) is 15.5 Å². The highest BCUT2D eigenvalue weighted by atomic mass is 32.2. The number of nitrogens with zero attached hydrogens (tertiary/aromatic N) is 1. The highest BCUT2D eigenvalue weighted by Crippen LogP contribution is 2.29. The lowest BCUT2D eigenvalue weighted by Crippen LogP contribution is -2.46. The Labute approximate surface area is 188 Å². The molecule has 1 aliphatic heterocycles. The number of carbonyl (C=O) groups excluding carboxylic acids is 2. The molecule has 8 nitrogen and oxygen atoms in total. The van der Waals surface area contributed by atoms with Crippen molar-refractivity contribution >= 4 is 27.5 Å². The Morgan fingerprint density at radius 3 is 2.12 bits per heavy atom. The highest BCUT2D eigenvalue weighted by Gasteiger charge is 2.35. The van der Waals surface area contributed by atoms with E-state index in [1.54, 1.807) is 0 Å². The summed E-state index contributed by atoms with van der Waals surface area (Å²) < 4.78 is 22.7. The van der Waals surface area contributed by atoms with Crippen molar-refractivity contribution in [1.82, 2.24) is 10.2 Å². The fourth-order valence-electron chi connectivity index (χ4n) is 4.06. The second-order valence-electron chi connectivity index (χ2n) is 8.46. The zero-order valence-electron chi connectivity index (χ0n) is 17.7. The number of anilines is 1. The number of piperidine rings is 1. The number of primary sulfonamides is 1. The van der Waals surface area contributed by atoms with Crippen molar-refractivity contribution < 1.29 is 18.0 Å². The van der Waals surface area contributed by atoms with Crippen molar-refractivity contribution in [3.8, 4) is 0 Å². The first-order chi connectivity index (χ1) is 15.3. The molecule has 2 fully saturated rings. The lowest BCUT2D eigenvalue weighted by Gasteiger charge is -2.36. The van der Waals surface area contributed by atoms with E-state index < -0.39 is 10.0 Å². The Kier molecular flexibility index (Phi) is 6.59. The smallest absolute Gasteiger partial charge is 0.242 e. The maximum Gasteiger partial charge on any atom is 0.242 e. The molecule has 4 N–H and O–H groups in total. The molecule has 0 spiro atoms. The van der Waals surface area contributed by atoms with Gasteiger partial charge in [-0.25, -0.2) is 13.6 Å². The molecule has 1 heterocycles. The third-order valence-electron chi connectivity index (χ3n) is 6.00. The molecule has 1 aliphatic carbocycles. The summed E-state index contributed by atoms with van der Waals surface area (Å²) >= 11 is 0. The number of benzene rings is 2. The predicted octanol–water partition coefficient (Wildman–Crippen LogP) is 2.00. The number of hydrogen-bond acceptors (Lipinski definition) is 5. The van der Waals surface area contributed by atoms with E-state index in [9.17, 15) is 18.0 Å². The van der Waals surface area contributed by atoms with Gasteiger partial charge in [0.1, 0.15) is 6.04 Å². The molecule has 0 aromatic heterocycles. The summed E-state index contributed by atoms with van der Waals surface area (Å²) in [6.07, 6.45) is 3.35. The molecule has 0 radical (unpaired) electrons. The van der Waals surface area contributed by atoms with E-state index in [1.807, 2.05) is 30.3 Å². The first-order valence-corrected chi connectivity index (χ1v) is 12.4. The van der Waals surface area contributed by atoms with Gasteiger partial charge in [0, 0.05) is 17.6 Å². The maximum atomic E-state index is 13.0. The minimum Gasteiger partial charge on any atom is -0.352 e. The van der Waals surface area contributed by atoms with Gasteiger partial charge in [0.2, 0.25) is 21.8 Å². The fourth-order valence-corrected chi connectivity index (χ4v) is 4.58. The molecule has 9 heteroatoms. The van der Waals surface area contributed by atoms with Crippen molar-refractivity contribution in [2.24, 2.45) is 11.1 Å². The normalized spacial score (nSPS) is 18.7. The Bertz CT molecular complexity index is 1060. The summed E-state index contributed by atoms with van der Waals surface area (Å²) in [6, 6.07) is 15.5. The number of rotatable bonds is 7. The topological polar surface area (TPSA) is 122 Å². The minimum atomic E-state index is -3.77. The number of hydrogen-bond donors (Lipinski definition) is 3. The van der Waals surface area contributed by atoms with Crippen molar-refractivity contribution in [2.45, 2.75) is 42.7 Å². The van der Waals surface area contributed by atoms with E-state index >= 15 is 0 Å². The van der Waals surface area contributed by atoms with Gasteiger partial charge in [0.05, 0.1) is 4.90 Å². The Morgan fingerprint density at radius 1 is 0.938 bits per heavy atom. The van der Waals surface area contributed by atoms with Gasteiger partial charge in [-0.2, -0.15) is 0 Å². The average Bonchev–Trinajstić information content (AvgIpc) is 3.59. The molecule has 4 rings (SSSR count). The van der Waals surface area contributed by atoms with Crippen LogP contribution < -0.4 is 15.8 Å². The van der Waals surface area contributed by atoms with Crippen molar-refractivity contribution in [3.05, 3.63) is 60.2 Å². The van der Waals surface area contributed by atoms with Gasteiger partial charge in [0.25, 0.3) is 0 Å². The number of nitrogens with one attached hydrogen (secondary N) is 2. The predicted molar refractivity (Wildman–Crippen MR) is 121 cm³/mol. The molecule has 2 aromatic rings. The summed E-state index contributed by atoms with van der Waals surface area (Å²) in [4.78, 5) is 27.8. The van der Waals surface area contributed by atoms with Crippen LogP contribution in [0.3, 0.4) is 0 Å². The summed E-state index contributed by atoms with van der Waals surface area (Å²) in [6.45, 7) is 1.28. The quantitative estimate of drug-likeness (QED) is 0.588. The van der Waals surface area contributed by atoms with E-state index in [0.29, 0.717) is 31.6 Å². The zero-order chi connectivity index (χ0) is 22.7. The molecular weight excluding hydrogens is 428 g/mol. The van der Waals surface area contributed by atoms with E-state index in [-0.39, 0.29) is 34.7 Å². The number of likely N-dealkylation sites (tertiary alicyclic amines) is 1. The summed E-state index contributed by atoms with van der Waals surface area (Å²) in [5.41, 5.74) is 1.49. The molecule has 0 bridgehead atoms. The van der Waals surface area contributed by atoms with Gasteiger partial charge in [-0.3, -0.25) is 14.5 Å². The monoisotopic (exact) mass is 456 g/mol. The van der Waals surface area contributed by atoms with Crippen LogP contribution in [0.5, 0.6) is 0 Å². The van der Waals surface area contributed by atoms with Crippen LogP contribution in [-0.2, 0) is 19.6 Å². The van der Waals surface area contributed by atoms with E-state index in [0.717, 1.165) is 18.4 Å². The molecular formula is C23H28N4O4S. The van der Waals surface area contributed by atoms with Crippen LogP contribution in [-0.4, -0.2) is 44.3 Å². The largest absolute Gasteiger partial charge is 0.352 e. The van der Waals surface area contributed by atoms with Crippen LogP contribution >= 0.6 is 0 Å². The Morgan fingerprint density at radius 2 is 1.56 bits per heavy atom. The van der Waals surface area contributed by atoms with Crippen LogP contribution in [0, 0.1) is 5.92 Å². The Balaban J connectivity index is 1.37. The van der Waals surface area contributed by atoms with Gasteiger partial charge >= 0.3 is 0 Å². The van der Waals surface area contributed by atoms with Crippen molar-refractivity contribution in [3.63, 3.8) is 0 Å². The summed E-state index contributed by atoms with van der Waals surface area (Å²) in [7, 11) is -3.77. The summed E-state index contributed by atoms with van der Waals surface area (Å²) in [5.74, 6) is -0.254. The number of sulfonamides is 1. The van der Waals surface area contributed by atoms with E-state index in [1.165, 1.54) is 24.3 Å². The van der Waals surface area contributed by atoms with Crippen LogP contribution in [0.15, 0.2) is 59.5 Å². The van der Waals surface area contributed by atoms with E-state index in [4.69, 9.17) is 5.14 Å². The highest BCUT2D eigenvalue weighted by molar-refractivity contribution is 7.89. The number of carbonyl (C=O) groups is 2. The minimum absolute atomic E-state index is 0.000218. The van der Waals surface area contributed by atoms with Crippen LogP contribution in [0.2, 0.25) is 0 Å². The fraction of sp³-hybridized carbons (Fsp3) is 0.391. The lowest BCUT2D eigenvalue weighted by molar-refractivity contribution is -0.128. The third-order valence-corrected chi connectivity index (χ3v) is 6.93.